The number of hydrogen-bond donors (Lipinski definition) is 3. The summed E-state index contributed by atoms with van der Waals surface area (Å²) in [5.41, 5.74) is -0.460. The lowest BCUT2D eigenvalue weighted by Gasteiger charge is -2.31. The first-order valence-corrected chi connectivity index (χ1v) is 37.6. The minimum absolute atomic E-state index is 0.128. The molecule has 2 aromatic rings. The van der Waals surface area contributed by atoms with Crippen LogP contribution in [-0.4, -0.2) is 91.0 Å². The highest BCUT2D eigenvalue weighted by atomic mass is 19.4. The number of benzene rings is 1. The number of nitrogens with zero attached hydrogens (tertiary/aromatic N) is 1. The van der Waals surface area contributed by atoms with Gasteiger partial charge < -0.3 is 38.8 Å². The Labute approximate surface area is 559 Å². The summed E-state index contributed by atoms with van der Waals surface area (Å²) in [7, 11) is 0. The van der Waals surface area contributed by atoms with Gasteiger partial charge in [0.15, 0.2) is 24.3 Å². The molecular weight excluding hydrogens is 1190 g/mol. The molecule has 0 amide bonds. The molecule has 15 nitrogen and oxygen atoms in total. The van der Waals surface area contributed by atoms with Crippen molar-refractivity contribution < 1.29 is 61.1 Å². The largest absolute Gasteiger partial charge is 0.490 e. The van der Waals surface area contributed by atoms with E-state index in [-0.39, 0.29) is 12.2 Å². The molecule has 1 saturated heterocycles. The van der Waals surface area contributed by atoms with Gasteiger partial charge in [-0.25, -0.2) is 19.2 Å². The van der Waals surface area contributed by atoms with E-state index in [0.29, 0.717) is 55.7 Å². The van der Waals surface area contributed by atoms with Crippen LogP contribution in [0.25, 0.3) is 0 Å². The lowest BCUT2D eigenvalue weighted by Crippen LogP contribution is -2.48. The number of alkyl halides is 3. The maximum Gasteiger partial charge on any atom is 0.490 e. The smallest absolute Gasteiger partial charge is 0.490 e. The quantitative estimate of drug-likeness (QED) is 0.0419. The predicted octanol–water partition coefficient (Wildman–Crippen LogP) is 20.3. The second-order valence-electron chi connectivity index (χ2n) is 26.2. The molecule has 1 aromatic heterocycles. The molecule has 0 bridgehead atoms. The molecule has 93 heavy (non-hydrogen) atoms. The molecule has 2 heterocycles. The fourth-order valence-corrected chi connectivity index (χ4v) is 11.7. The number of aromatic amines is 1. The van der Waals surface area contributed by atoms with E-state index in [1.54, 1.807) is 19.1 Å². The van der Waals surface area contributed by atoms with Crippen LogP contribution in [0.5, 0.6) is 17.2 Å². The van der Waals surface area contributed by atoms with Gasteiger partial charge in [0.25, 0.3) is 5.56 Å². The third kappa shape index (κ3) is 45.5. The fourth-order valence-electron chi connectivity index (χ4n) is 11.7. The van der Waals surface area contributed by atoms with Crippen LogP contribution in [0.1, 0.15) is 351 Å². The lowest BCUT2D eigenvalue weighted by atomic mass is 10.0. The molecule has 18 heteroatoms. The number of rotatable bonds is 60. The van der Waals surface area contributed by atoms with E-state index in [9.17, 15) is 32.3 Å². The van der Waals surface area contributed by atoms with E-state index >= 15 is 0 Å². The van der Waals surface area contributed by atoms with Crippen LogP contribution in [0.15, 0.2) is 27.9 Å². The number of carbonyl (C=O) groups excluding carboxylic acids is 2. The Hall–Kier alpha value is -4.58. The second-order valence-corrected chi connectivity index (χ2v) is 26.2. The number of ether oxygens (including phenoxy) is 6. The van der Waals surface area contributed by atoms with E-state index < -0.39 is 54.3 Å². The molecule has 0 spiro atoms. The Morgan fingerprint density at radius 2 is 0.828 bits per heavy atom. The first-order chi connectivity index (χ1) is 45.2. The molecule has 0 saturated carbocycles. The standard InChI is InChI=1S/C73H129N3O10.C2HF3O2/c1-5-8-11-14-17-20-23-26-29-32-35-38-41-44-47-50-53-81-66-56-64(72(79)85-62-69(77)84-61-65-58-74-59-68(86-65)76-60-63(4)71(78)75-73(76)80)57-67(82-54-51-48-45-42-39-36-33-30-27-24-21-18-15-12-9-6-2)70(66)83-55-52-49-46-43-40-37-34-31-28-25-22-19-16-13-10-7-3;3-2(4,5)1(6)7/h56-57,60,65,68,74H,5-55,58-59,61-62H2,1-4H3,(H,75,78,80);(H,6,7). The number of H-pyrrole nitrogens is 1. The van der Waals surface area contributed by atoms with Crippen LogP contribution < -0.4 is 30.8 Å². The number of unbranched alkanes of at least 4 members (excludes halogenated alkanes) is 45. The highest BCUT2D eigenvalue weighted by molar-refractivity contribution is 5.92. The van der Waals surface area contributed by atoms with Gasteiger partial charge in [-0.1, -0.05) is 310 Å². The molecule has 3 rings (SSSR count). The molecule has 1 aromatic carbocycles. The second kappa shape index (κ2) is 57.6. The van der Waals surface area contributed by atoms with Gasteiger partial charge in [-0.15, -0.1) is 0 Å². The number of morpholine rings is 1. The van der Waals surface area contributed by atoms with E-state index in [4.69, 9.17) is 38.3 Å². The third-order valence-corrected chi connectivity index (χ3v) is 17.5. The first kappa shape index (κ1) is 84.5. The SMILES string of the molecule is CCCCCCCCCCCCCCCCCCOc1cc(C(=O)OCC(=O)OCC2CNCC(n3cc(C)c(=O)[nH]c3=O)O2)cc(OCCCCCCCCCCCCCCCCCC)c1OCCCCCCCCCCCCCCCCCC.O=C(O)C(F)(F)F. The number of carboxylic acids is 1. The molecule has 2 atom stereocenters. The maximum atomic E-state index is 13.9. The van der Waals surface area contributed by atoms with Gasteiger partial charge in [0.05, 0.1) is 25.4 Å². The minimum atomic E-state index is -5.08. The Bertz CT molecular complexity index is 2220. The van der Waals surface area contributed by atoms with Crippen molar-refractivity contribution in [2.45, 2.75) is 354 Å². The Balaban J connectivity index is 0.00000396. The number of carbonyl (C=O) groups is 3. The van der Waals surface area contributed by atoms with Crippen molar-refractivity contribution in [1.29, 1.82) is 0 Å². The zero-order valence-electron chi connectivity index (χ0n) is 58.8. The number of hydrogen-bond acceptors (Lipinski definition) is 12. The highest BCUT2D eigenvalue weighted by Crippen LogP contribution is 2.40. The van der Waals surface area contributed by atoms with Gasteiger partial charge in [0.2, 0.25) is 5.75 Å². The number of aryl methyl sites for hydroxylation is 1. The van der Waals surface area contributed by atoms with Crippen molar-refractivity contribution in [3.05, 3.63) is 50.3 Å². The van der Waals surface area contributed by atoms with Crippen LogP contribution >= 0.6 is 0 Å². The number of esters is 2. The molecule has 1 aliphatic heterocycles. The minimum Gasteiger partial charge on any atom is -0.490 e. The summed E-state index contributed by atoms with van der Waals surface area (Å²) in [6, 6.07) is 3.35. The van der Waals surface area contributed by atoms with Crippen molar-refractivity contribution in [2.24, 2.45) is 0 Å². The highest BCUT2D eigenvalue weighted by Gasteiger charge is 2.38. The topological polar surface area (TPSA) is 194 Å². The molecule has 1 aliphatic rings. The summed E-state index contributed by atoms with van der Waals surface area (Å²) in [6.07, 6.45) is 57.2. The molecular formula is C75H130F3N3O12. The predicted molar refractivity (Wildman–Crippen MR) is 369 cm³/mol. The van der Waals surface area contributed by atoms with Crippen LogP contribution in [0.3, 0.4) is 0 Å². The zero-order valence-corrected chi connectivity index (χ0v) is 58.8. The average Bonchev–Trinajstić information content (AvgIpc) is 1.06. The van der Waals surface area contributed by atoms with Gasteiger partial charge >= 0.3 is 29.8 Å². The zero-order chi connectivity index (χ0) is 67.7. The molecule has 3 N–H and O–H groups in total. The van der Waals surface area contributed by atoms with Crippen molar-refractivity contribution in [3.63, 3.8) is 0 Å². The Morgan fingerprint density at radius 1 is 0.505 bits per heavy atom. The van der Waals surface area contributed by atoms with Crippen LogP contribution in [-0.2, 0) is 23.8 Å². The van der Waals surface area contributed by atoms with Crippen molar-refractivity contribution in [2.75, 3.05) is 46.1 Å². The van der Waals surface area contributed by atoms with Gasteiger partial charge in [-0.3, -0.25) is 14.3 Å². The molecule has 2 unspecified atom stereocenters. The first-order valence-electron chi connectivity index (χ1n) is 37.6. The average molecular weight is 1320 g/mol. The summed E-state index contributed by atoms with van der Waals surface area (Å²) in [5, 5.41) is 10.3. The van der Waals surface area contributed by atoms with E-state index in [0.717, 1.165) is 38.5 Å². The number of aliphatic carboxylic acids is 1. The number of nitrogens with one attached hydrogen (secondary N) is 2. The van der Waals surface area contributed by atoms with Crippen molar-refractivity contribution in [1.82, 2.24) is 14.9 Å². The van der Waals surface area contributed by atoms with E-state index in [1.807, 2.05) is 0 Å². The Kier molecular flexibility index (Phi) is 52.4. The summed E-state index contributed by atoms with van der Waals surface area (Å²) >= 11 is 0. The van der Waals surface area contributed by atoms with Crippen LogP contribution in [0.2, 0.25) is 0 Å². The van der Waals surface area contributed by atoms with E-state index in [1.165, 1.54) is 280 Å². The van der Waals surface area contributed by atoms with Gasteiger partial charge in [-0.2, -0.15) is 13.2 Å². The normalized spacial score (nSPS) is 14.0. The maximum absolute atomic E-state index is 13.9. The molecule has 0 radical (unpaired) electrons. The van der Waals surface area contributed by atoms with Gasteiger partial charge in [0.1, 0.15) is 12.7 Å². The van der Waals surface area contributed by atoms with Crippen LogP contribution in [0.4, 0.5) is 13.2 Å². The monoisotopic (exact) mass is 1320 g/mol. The summed E-state index contributed by atoms with van der Waals surface area (Å²) in [6.45, 7) is 9.90. The molecule has 1 fully saturated rings. The van der Waals surface area contributed by atoms with Crippen LogP contribution in [0, 0.1) is 6.92 Å². The van der Waals surface area contributed by atoms with Gasteiger partial charge in [0, 0.05) is 24.8 Å². The fraction of sp³-hybridized carbons (Fsp3) is 0.827. The Morgan fingerprint density at radius 3 is 1.16 bits per heavy atom. The summed E-state index contributed by atoms with van der Waals surface area (Å²) in [5.74, 6) is -2.76. The third-order valence-electron chi connectivity index (χ3n) is 17.5. The molecule has 0 aliphatic carbocycles. The van der Waals surface area contributed by atoms with E-state index in [2.05, 4.69) is 31.1 Å². The van der Waals surface area contributed by atoms with Gasteiger partial charge in [-0.05, 0) is 38.3 Å². The lowest BCUT2D eigenvalue weighted by molar-refractivity contribution is -0.192. The van der Waals surface area contributed by atoms with Crippen molar-refractivity contribution >= 4 is 17.9 Å². The number of halogens is 3. The summed E-state index contributed by atoms with van der Waals surface area (Å²) in [4.78, 5) is 62.6. The number of aromatic nitrogens is 2. The summed E-state index contributed by atoms with van der Waals surface area (Å²) < 4.78 is 69.9. The number of carboxylic acid groups (broad SMARTS) is 1. The van der Waals surface area contributed by atoms with Crippen molar-refractivity contribution in [3.8, 4) is 17.2 Å². The molecule has 538 valence electrons.